The predicted octanol–water partition coefficient (Wildman–Crippen LogP) is 1.82. The summed E-state index contributed by atoms with van der Waals surface area (Å²) >= 11 is 0. The van der Waals surface area contributed by atoms with Crippen molar-refractivity contribution in [2.24, 2.45) is 11.7 Å². The van der Waals surface area contributed by atoms with E-state index in [9.17, 15) is 9.59 Å². The van der Waals surface area contributed by atoms with Crippen LogP contribution in [-0.2, 0) is 21.5 Å². The lowest BCUT2D eigenvalue weighted by molar-refractivity contribution is -0.122. The van der Waals surface area contributed by atoms with E-state index in [0.717, 1.165) is 38.5 Å². The zero-order valence-electron chi connectivity index (χ0n) is 16.3. The van der Waals surface area contributed by atoms with Crippen LogP contribution in [0.3, 0.4) is 0 Å². The van der Waals surface area contributed by atoms with Gasteiger partial charge in [0, 0.05) is 26.3 Å². The molecule has 1 saturated carbocycles. The quantitative estimate of drug-likeness (QED) is 0.571. The number of aromatic nitrogens is 2. The first-order valence-corrected chi connectivity index (χ1v) is 9.54. The molecule has 0 saturated heterocycles. The Hall–Kier alpha value is -1.67. The lowest BCUT2D eigenvalue weighted by atomic mass is 9.89. The van der Waals surface area contributed by atoms with E-state index in [0.29, 0.717) is 31.2 Å². The molecule has 4 N–H and O–H groups in total. The standard InChI is InChI=1S/C18H31N5O3.ClH/c1-13(11-19)12-20-15(25)7-8-16-21-17(23-26-16)18(22-14(2)24)9-5-3-4-6-10-18;/h13H,3-12,19H2,1-2H3,(H,20,25)(H,22,24);1H. The van der Waals surface area contributed by atoms with Crippen molar-refractivity contribution >= 4 is 24.2 Å². The Bertz CT molecular complexity index is 600. The minimum Gasteiger partial charge on any atom is -0.356 e. The molecule has 2 rings (SSSR count). The average molecular weight is 402 g/mol. The molecule has 1 unspecified atom stereocenters. The van der Waals surface area contributed by atoms with Crippen LogP contribution in [0.25, 0.3) is 0 Å². The van der Waals surface area contributed by atoms with Gasteiger partial charge in [-0.15, -0.1) is 12.4 Å². The summed E-state index contributed by atoms with van der Waals surface area (Å²) in [6.07, 6.45) is 6.61. The third kappa shape index (κ3) is 7.10. The Morgan fingerprint density at radius 3 is 2.52 bits per heavy atom. The molecule has 0 aromatic carbocycles. The van der Waals surface area contributed by atoms with Crippen molar-refractivity contribution in [3.8, 4) is 0 Å². The fourth-order valence-electron chi connectivity index (χ4n) is 3.30. The molecule has 1 aliphatic carbocycles. The average Bonchev–Trinajstić information content (AvgIpc) is 2.98. The highest BCUT2D eigenvalue weighted by Crippen LogP contribution is 2.34. The third-order valence-electron chi connectivity index (χ3n) is 4.88. The minimum absolute atomic E-state index is 0. The van der Waals surface area contributed by atoms with Crippen LogP contribution in [0.1, 0.15) is 70.5 Å². The number of carbonyl (C=O) groups excluding carboxylic acids is 2. The summed E-state index contributed by atoms with van der Waals surface area (Å²) in [6.45, 7) is 4.60. The normalized spacial score (nSPS) is 17.3. The molecule has 9 heteroatoms. The first-order chi connectivity index (χ1) is 12.4. The van der Waals surface area contributed by atoms with Gasteiger partial charge in [0.1, 0.15) is 5.54 Å². The van der Waals surface area contributed by atoms with Gasteiger partial charge in [-0.25, -0.2) is 0 Å². The molecular weight excluding hydrogens is 370 g/mol. The summed E-state index contributed by atoms with van der Waals surface area (Å²) in [7, 11) is 0. The molecule has 8 nitrogen and oxygen atoms in total. The Labute approximate surface area is 166 Å². The number of nitrogens with zero attached hydrogens (tertiary/aromatic N) is 2. The molecule has 1 atom stereocenters. The SMILES string of the molecule is CC(=O)NC1(c2noc(CCC(=O)NCC(C)CN)n2)CCCCCC1.Cl. The van der Waals surface area contributed by atoms with E-state index in [-0.39, 0.29) is 36.6 Å². The lowest BCUT2D eigenvalue weighted by Gasteiger charge is -2.30. The number of aryl methyl sites for hydroxylation is 1. The summed E-state index contributed by atoms with van der Waals surface area (Å²) in [5, 5.41) is 10.0. The van der Waals surface area contributed by atoms with Crippen LogP contribution < -0.4 is 16.4 Å². The summed E-state index contributed by atoms with van der Waals surface area (Å²) in [6, 6.07) is 0. The molecule has 0 spiro atoms. The Kier molecular flexibility index (Phi) is 9.73. The van der Waals surface area contributed by atoms with E-state index < -0.39 is 5.54 Å². The van der Waals surface area contributed by atoms with Gasteiger partial charge in [0.05, 0.1) is 0 Å². The van der Waals surface area contributed by atoms with Crippen LogP contribution in [-0.4, -0.2) is 35.0 Å². The van der Waals surface area contributed by atoms with E-state index in [1.54, 1.807) is 0 Å². The Balaban J connectivity index is 0.00000364. The highest BCUT2D eigenvalue weighted by molar-refractivity contribution is 5.85. The van der Waals surface area contributed by atoms with E-state index in [1.807, 2.05) is 6.92 Å². The van der Waals surface area contributed by atoms with Crippen LogP contribution in [0.5, 0.6) is 0 Å². The molecular formula is C18H32ClN5O3. The van der Waals surface area contributed by atoms with Crippen molar-refractivity contribution in [1.82, 2.24) is 20.8 Å². The van der Waals surface area contributed by atoms with Gasteiger partial charge >= 0.3 is 0 Å². The third-order valence-corrected chi connectivity index (χ3v) is 4.88. The summed E-state index contributed by atoms with van der Waals surface area (Å²) in [5.74, 6) is 1.06. The lowest BCUT2D eigenvalue weighted by Crippen LogP contribution is -2.45. The molecule has 0 bridgehead atoms. The number of halogens is 1. The van der Waals surface area contributed by atoms with Crippen molar-refractivity contribution in [3.05, 3.63) is 11.7 Å². The van der Waals surface area contributed by atoms with E-state index in [1.165, 1.54) is 6.92 Å². The van der Waals surface area contributed by atoms with Crippen LogP contribution in [0.2, 0.25) is 0 Å². The van der Waals surface area contributed by atoms with Crippen LogP contribution >= 0.6 is 12.4 Å². The monoisotopic (exact) mass is 401 g/mol. The largest absolute Gasteiger partial charge is 0.356 e. The molecule has 1 aromatic heterocycles. The maximum atomic E-state index is 11.9. The first kappa shape index (κ1) is 23.4. The highest BCUT2D eigenvalue weighted by atomic mass is 35.5. The van der Waals surface area contributed by atoms with Gasteiger partial charge in [-0.2, -0.15) is 4.98 Å². The molecule has 1 aliphatic rings. The van der Waals surface area contributed by atoms with Crippen LogP contribution in [0.15, 0.2) is 4.52 Å². The molecule has 0 radical (unpaired) electrons. The summed E-state index contributed by atoms with van der Waals surface area (Å²) in [4.78, 5) is 28.1. The number of carbonyl (C=O) groups is 2. The van der Waals surface area contributed by atoms with Gasteiger partial charge in [0.25, 0.3) is 0 Å². The summed E-state index contributed by atoms with van der Waals surface area (Å²) in [5.41, 5.74) is 4.99. The minimum atomic E-state index is -0.553. The number of hydrogen-bond donors (Lipinski definition) is 3. The predicted molar refractivity (Wildman–Crippen MR) is 104 cm³/mol. The van der Waals surface area contributed by atoms with Crippen molar-refractivity contribution in [1.29, 1.82) is 0 Å². The zero-order valence-corrected chi connectivity index (χ0v) is 17.1. The van der Waals surface area contributed by atoms with Crippen LogP contribution in [0.4, 0.5) is 0 Å². The maximum Gasteiger partial charge on any atom is 0.227 e. The number of hydrogen-bond acceptors (Lipinski definition) is 6. The van der Waals surface area contributed by atoms with Crippen molar-refractivity contribution < 1.29 is 14.1 Å². The van der Waals surface area contributed by atoms with Crippen molar-refractivity contribution in [3.63, 3.8) is 0 Å². The fourth-order valence-corrected chi connectivity index (χ4v) is 3.30. The summed E-state index contributed by atoms with van der Waals surface area (Å²) < 4.78 is 5.35. The van der Waals surface area contributed by atoms with Gasteiger partial charge in [-0.05, 0) is 25.3 Å². The van der Waals surface area contributed by atoms with Crippen LogP contribution in [0, 0.1) is 5.92 Å². The van der Waals surface area contributed by atoms with Gasteiger partial charge in [0.2, 0.25) is 17.7 Å². The number of nitrogens with one attached hydrogen (secondary N) is 2. The van der Waals surface area contributed by atoms with Gasteiger partial charge in [-0.3, -0.25) is 9.59 Å². The highest BCUT2D eigenvalue weighted by Gasteiger charge is 2.38. The molecule has 27 heavy (non-hydrogen) atoms. The van der Waals surface area contributed by atoms with Crippen molar-refractivity contribution in [2.45, 2.75) is 70.8 Å². The van der Waals surface area contributed by atoms with Gasteiger partial charge in [-0.1, -0.05) is 37.8 Å². The Morgan fingerprint density at radius 2 is 1.93 bits per heavy atom. The maximum absolute atomic E-state index is 11.9. The van der Waals surface area contributed by atoms with E-state index >= 15 is 0 Å². The first-order valence-electron chi connectivity index (χ1n) is 9.54. The smallest absolute Gasteiger partial charge is 0.227 e. The molecule has 1 aromatic rings. The van der Waals surface area contributed by atoms with Gasteiger partial charge in [0.15, 0.2) is 5.82 Å². The topological polar surface area (TPSA) is 123 Å². The number of nitrogens with two attached hydrogens (primary N) is 1. The van der Waals surface area contributed by atoms with Crippen molar-refractivity contribution in [2.75, 3.05) is 13.1 Å². The molecule has 1 fully saturated rings. The second kappa shape index (κ2) is 11.2. The van der Waals surface area contributed by atoms with E-state index in [2.05, 4.69) is 20.8 Å². The fraction of sp³-hybridized carbons (Fsp3) is 0.778. The molecule has 2 amide bonds. The van der Waals surface area contributed by atoms with Gasteiger partial charge < -0.3 is 20.9 Å². The van der Waals surface area contributed by atoms with E-state index in [4.69, 9.17) is 10.3 Å². The number of amides is 2. The Morgan fingerprint density at radius 1 is 1.26 bits per heavy atom. The second-order valence-electron chi connectivity index (χ2n) is 7.33. The zero-order chi connectivity index (χ0) is 19.0. The molecule has 154 valence electrons. The number of rotatable bonds is 8. The molecule has 0 aliphatic heterocycles. The molecule has 1 heterocycles. The second-order valence-corrected chi connectivity index (χ2v) is 7.33.